The van der Waals surface area contributed by atoms with Crippen molar-refractivity contribution in [3.63, 3.8) is 0 Å². The van der Waals surface area contributed by atoms with Crippen LogP contribution in [0, 0.1) is 0 Å². The summed E-state index contributed by atoms with van der Waals surface area (Å²) < 4.78 is 10.4. The molecule has 24 heavy (non-hydrogen) atoms. The van der Waals surface area contributed by atoms with Gasteiger partial charge in [0.1, 0.15) is 5.75 Å². The van der Waals surface area contributed by atoms with Gasteiger partial charge in [0, 0.05) is 0 Å². The van der Waals surface area contributed by atoms with Gasteiger partial charge in [-0.25, -0.2) is 9.79 Å². The molecule has 0 aliphatic carbocycles. The first-order chi connectivity index (χ1) is 11.6. The third-order valence-corrected chi connectivity index (χ3v) is 3.22. The molecule has 3 rings (SSSR count). The van der Waals surface area contributed by atoms with Crippen LogP contribution in [0.2, 0.25) is 0 Å². The van der Waals surface area contributed by atoms with Gasteiger partial charge in [0.15, 0.2) is 5.84 Å². The number of ether oxygens (including phenoxy) is 2. The summed E-state index contributed by atoms with van der Waals surface area (Å²) in [7, 11) is 1.28. The number of aliphatic imine (C=N–C) groups is 2. The van der Waals surface area contributed by atoms with Crippen molar-refractivity contribution in [3.05, 3.63) is 29.3 Å². The third kappa shape index (κ3) is 2.83. The van der Waals surface area contributed by atoms with Gasteiger partial charge in [-0.05, 0) is 29.8 Å². The monoisotopic (exact) mass is 327 g/mol. The maximum atomic E-state index is 12.0. The van der Waals surface area contributed by atoms with Crippen molar-refractivity contribution in [1.82, 2.24) is 0 Å². The average Bonchev–Trinajstić information content (AvgIpc) is 3.08. The standard InChI is InChI=1S/C15H13N5O4/c1-3-6-24-10-5-4-8(15(22)23-2)7-9(10)12-16-13-11(14(21)17-12)18-20-19-13/h4-5,7H,3,6H2,1-2H3. The summed E-state index contributed by atoms with van der Waals surface area (Å²) in [6.45, 7) is 2.43. The fourth-order valence-corrected chi connectivity index (χ4v) is 2.10. The number of fused-ring (bicyclic) bond motifs is 1. The number of hydrogen-bond acceptors (Lipinski definition) is 8. The van der Waals surface area contributed by atoms with Crippen molar-refractivity contribution in [2.24, 2.45) is 25.4 Å². The first-order valence-electron chi connectivity index (χ1n) is 7.20. The number of benzene rings is 1. The van der Waals surface area contributed by atoms with Gasteiger partial charge in [0.25, 0.3) is 0 Å². The Morgan fingerprint density at radius 3 is 2.79 bits per heavy atom. The van der Waals surface area contributed by atoms with Crippen molar-refractivity contribution < 1.29 is 19.1 Å². The minimum atomic E-state index is -0.593. The van der Waals surface area contributed by atoms with E-state index in [2.05, 4.69) is 25.4 Å². The second-order valence-corrected chi connectivity index (χ2v) is 4.87. The van der Waals surface area contributed by atoms with E-state index in [1.54, 1.807) is 12.1 Å². The van der Waals surface area contributed by atoms with Gasteiger partial charge < -0.3 is 9.47 Å². The Morgan fingerprint density at radius 1 is 1.21 bits per heavy atom. The molecule has 2 aliphatic rings. The Labute approximate surface area is 136 Å². The minimum absolute atomic E-state index is 0.00102. The number of nitrogens with zero attached hydrogens (tertiary/aromatic N) is 5. The lowest BCUT2D eigenvalue weighted by molar-refractivity contribution is -0.111. The Morgan fingerprint density at radius 2 is 2.04 bits per heavy atom. The van der Waals surface area contributed by atoms with Gasteiger partial charge in [-0.1, -0.05) is 6.92 Å². The smallest absolute Gasteiger partial charge is 0.337 e. The lowest BCUT2D eigenvalue weighted by Gasteiger charge is -2.13. The molecule has 0 radical (unpaired) electrons. The van der Waals surface area contributed by atoms with Gasteiger partial charge in [0.2, 0.25) is 11.5 Å². The first kappa shape index (κ1) is 15.7. The number of carbonyl (C=O) groups excluding carboxylic acids is 2. The average molecular weight is 327 g/mol. The second kappa shape index (κ2) is 6.49. The highest BCUT2D eigenvalue weighted by Crippen LogP contribution is 2.24. The van der Waals surface area contributed by atoms with Crippen LogP contribution in [0.25, 0.3) is 0 Å². The number of amides is 1. The number of carbonyl (C=O) groups is 2. The molecule has 9 heteroatoms. The van der Waals surface area contributed by atoms with Crippen LogP contribution in [0.5, 0.6) is 5.75 Å². The zero-order chi connectivity index (χ0) is 17.1. The Bertz CT molecular complexity index is 838. The van der Waals surface area contributed by atoms with E-state index in [1.165, 1.54) is 13.2 Å². The lowest BCUT2D eigenvalue weighted by Crippen LogP contribution is -2.26. The summed E-state index contributed by atoms with van der Waals surface area (Å²) in [5.41, 5.74) is 0.687. The Kier molecular flexibility index (Phi) is 4.23. The minimum Gasteiger partial charge on any atom is -0.493 e. The highest BCUT2D eigenvalue weighted by molar-refractivity contribution is 6.69. The molecule has 2 aliphatic heterocycles. The summed E-state index contributed by atoms with van der Waals surface area (Å²) in [4.78, 5) is 31.9. The van der Waals surface area contributed by atoms with Crippen molar-refractivity contribution in [2.75, 3.05) is 13.7 Å². The van der Waals surface area contributed by atoms with Gasteiger partial charge in [-0.15, -0.1) is 10.2 Å². The van der Waals surface area contributed by atoms with Crippen LogP contribution in [-0.4, -0.2) is 43.0 Å². The van der Waals surface area contributed by atoms with E-state index in [4.69, 9.17) is 9.47 Å². The third-order valence-electron chi connectivity index (χ3n) is 3.22. The zero-order valence-electron chi connectivity index (χ0n) is 13.0. The topological polar surface area (TPSA) is 114 Å². The molecule has 0 spiro atoms. The van der Waals surface area contributed by atoms with Crippen molar-refractivity contribution in [3.8, 4) is 5.75 Å². The molecule has 0 saturated carbocycles. The van der Waals surface area contributed by atoms with E-state index < -0.39 is 11.9 Å². The number of methoxy groups -OCH3 is 1. The molecule has 122 valence electrons. The van der Waals surface area contributed by atoms with E-state index >= 15 is 0 Å². The van der Waals surface area contributed by atoms with Gasteiger partial charge in [0.05, 0.1) is 24.8 Å². The van der Waals surface area contributed by atoms with Crippen LogP contribution in [0.15, 0.2) is 43.6 Å². The lowest BCUT2D eigenvalue weighted by atomic mass is 10.1. The number of hydrogen-bond donors (Lipinski definition) is 0. The van der Waals surface area contributed by atoms with E-state index in [1.807, 2.05) is 6.92 Å². The summed E-state index contributed by atoms with van der Waals surface area (Å²) in [5, 5.41) is 10.7. The van der Waals surface area contributed by atoms with Gasteiger partial charge in [-0.2, -0.15) is 4.99 Å². The predicted molar refractivity (Wildman–Crippen MR) is 84.8 cm³/mol. The SMILES string of the molecule is CCCOc1ccc(C(=O)OC)cc1C1=NC(=O)C2=NN=NC2=N1. The fourth-order valence-electron chi connectivity index (χ4n) is 2.10. The van der Waals surface area contributed by atoms with E-state index in [9.17, 15) is 9.59 Å². The quantitative estimate of drug-likeness (QED) is 0.766. The maximum absolute atomic E-state index is 12.0. The van der Waals surface area contributed by atoms with Crippen LogP contribution < -0.4 is 4.74 Å². The molecule has 0 N–H and O–H groups in total. The summed E-state index contributed by atoms with van der Waals surface area (Å²) in [6, 6.07) is 4.70. The highest BCUT2D eigenvalue weighted by atomic mass is 16.5. The molecule has 1 aromatic rings. The summed E-state index contributed by atoms with van der Waals surface area (Å²) >= 11 is 0. The Balaban J connectivity index is 2.07. The second-order valence-electron chi connectivity index (χ2n) is 4.87. The van der Waals surface area contributed by atoms with E-state index in [-0.39, 0.29) is 17.4 Å². The molecule has 1 amide bonds. The Hall–Kier alpha value is -3.23. The normalized spacial score (nSPS) is 15.4. The summed E-state index contributed by atoms with van der Waals surface area (Å²) in [5.74, 6) is -0.473. The number of rotatable bonds is 5. The first-order valence-corrected chi connectivity index (χ1v) is 7.20. The molecule has 2 heterocycles. The molecule has 0 saturated heterocycles. The predicted octanol–water partition coefficient (Wildman–Crippen LogP) is 1.77. The molecule has 0 unspecified atom stereocenters. The maximum Gasteiger partial charge on any atom is 0.337 e. The highest BCUT2D eigenvalue weighted by Gasteiger charge is 2.29. The van der Waals surface area contributed by atoms with Crippen LogP contribution >= 0.6 is 0 Å². The van der Waals surface area contributed by atoms with E-state index in [0.717, 1.165) is 6.42 Å². The van der Waals surface area contributed by atoms with Crippen LogP contribution in [-0.2, 0) is 9.53 Å². The molecule has 0 fully saturated rings. The number of amidine groups is 2. The van der Waals surface area contributed by atoms with Crippen LogP contribution in [0.4, 0.5) is 0 Å². The van der Waals surface area contributed by atoms with Gasteiger partial charge in [-0.3, -0.25) is 4.79 Å². The van der Waals surface area contributed by atoms with Gasteiger partial charge >= 0.3 is 11.9 Å². The molecular formula is C15H13N5O4. The van der Waals surface area contributed by atoms with Crippen molar-refractivity contribution in [2.45, 2.75) is 13.3 Å². The van der Waals surface area contributed by atoms with Crippen LogP contribution in [0.3, 0.4) is 0 Å². The zero-order valence-corrected chi connectivity index (χ0v) is 13.0. The van der Waals surface area contributed by atoms with E-state index in [0.29, 0.717) is 23.5 Å². The van der Waals surface area contributed by atoms with Crippen molar-refractivity contribution in [1.29, 1.82) is 0 Å². The molecule has 0 atom stereocenters. The summed E-state index contributed by atoms with van der Waals surface area (Å²) in [6.07, 6.45) is 0.795. The van der Waals surface area contributed by atoms with Crippen molar-refractivity contribution >= 4 is 29.3 Å². The number of esters is 1. The molecule has 0 aromatic heterocycles. The molecule has 0 bridgehead atoms. The largest absolute Gasteiger partial charge is 0.493 e. The molecule has 9 nitrogen and oxygen atoms in total. The van der Waals surface area contributed by atoms with Crippen LogP contribution in [0.1, 0.15) is 29.3 Å². The fraction of sp³-hybridized carbons (Fsp3) is 0.267. The molecule has 1 aromatic carbocycles. The molecular weight excluding hydrogens is 314 g/mol.